The normalized spacial score (nSPS) is 13.9. The molecule has 2 atom stereocenters. The molecule has 0 aliphatic heterocycles. The highest BCUT2D eigenvalue weighted by Gasteiger charge is 2.14. The fourth-order valence-electron chi connectivity index (χ4n) is 2.32. The highest BCUT2D eigenvalue weighted by molar-refractivity contribution is 5.27. The molecule has 0 unspecified atom stereocenters. The van der Waals surface area contributed by atoms with Gasteiger partial charge < -0.3 is 10.4 Å². The topological polar surface area (TPSA) is 32.3 Å². The van der Waals surface area contributed by atoms with E-state index in [0.29, 0.717) is 0 Å². The lowest BCUT2D eigenvalue weighted by Crippen LogP contribution is -2.34. The molecule has 0 saturated heterocycles. The van der Waals surface area contributed by atoms with Gasteiger partial charge in [0.25, 0.3) is 0 Å². The van der Waals surface area contributed by atoms with E-state index in [0.717, 1.165) is 6.42 Å². The molecule has 2 heteroatoms. The van der Waals surface area contributed by atoms with Crippen LogP contribution in [-0.4, -0.2) is 17.8 Å². The lowest BCUT2D eigenvalue weighted by molar-refractivity contribution is 0.240. The van der Waals surface area contributed by atoms with Crippen LogP contribution >= 0.6 is 0 Å². The quantitative estimate of drug-likeness (QED) is 0.843. The number of aryl methyl sites for hydroxylation is 1. The monoisotopic (exact) mass is 269 g/mol. The van der Waals surface area contributed by atoms with E-state index in [2.05, 4.69) is 60.8 Å². The molecule has 0 aromatic heterocycles. The number of aliphatic hydroxyl groups excluding tert-OH is 1. The van der Waals surface area contributed by atoms with Gasteiger partial charge in [-0.25, -0.2) is 0 Å². The van der Waals surface area contributed by atoms with Crippen LogP contribution in [0.4, 0.5) is 0 Å². The summed E-state index contributed by atoms with van der Waals surface area (Å²) in [6.45, 7) is 4.25. The smallest absolute Gasteiger partial charge is 0.0582 e. The molecule has 106 valence electrons. The highest BCUT2D eigenvalue weighted by Crippen LogP contribution is 2.19. The van der Waals surface area contributed by atoms with E-state index in [1.165, 1.54) is 16.7 Å². The van der Waals surface area contributed by atoms with E-state index in [9.17, 15) is 5.11 Å². The summed E-state index contributed by atoms with van der Waals surface area (Å²) in [5.41, 5.74) is 3.83. The zero-order chi connectivity index (χ0) is 14.4. The molecule has 0 aliphatic rings. The first-order chi connectivity index (χ1) is 9.69. The maximum absolute atomic E-state index is 9.28. The van der Waals surface area contributed by atoms with Gasteiger partial charge in [-0.1, -0.05) is 60.2 Å². The van der Waals surface area contributed by atoms with Crippen LogP contribution in [0.3, 0.4) is 0 Å². The van der Waals surface area contributed by atoms with E-state index < -0.39 is 0 Å². The summed E-state index contributed by atoms with van der Waals surface area (Å²) < 4.78 is 0. The second-order valence-corrected chi connectivity index (χ2v) is 5.40. The summed E-state index contributed by atoms with van der Waals surface area (Å²) in [6, 6.07) is 19.4. The van der Waals surface area contributed by atoms with Crippen molar-refractivity contribution in [1.82, 2.24) is 5.32 Å². The van der Waals surface area contributed by atoms with Crippen LogP contribution < -0.4 is 5.32 Å². The van der Waals surface area contributed by atoms with Crippen molar-refractivity contribution in [2.45, 2.75) is 32.4 Å². The van der Waals surface area contributed by atoms with Gasteiger partial charge in [-0.15, -0.1) is 0 Å². The van der Waals surface area contributed by atoms with Crippen LogP contribution in [0.15, 0.2) is 54.6 Å². The molecule has 2 aromatic rings. The van der Waals surface area contributed by atoms with Gasteiger partial charge in [-0.05, 0) is 31.4 Å². The Labute approximate surface area is 121 Å². The van der Waals surface area contributed by atoms with E-state index in [1.54, 1.807) is 0 Å². The van der Waals surface area contributed by atoms with Crippen molar-refractivity contribution in [2.75, 3.05) is 6.61 Å². The molecule has 0 saturated carbocycles. The van der Waals surface area contributed by atoms with E-state index in [1.807, 2.05) is 13.0 Å². The van der Waals surface area contributed by atoms with Crippen LogP contribution in [0.25, 0.3) is 0 Å². The average molecular weight is 269 g/mol. The Morgan fingerprint density at radius 2 is 1.65 bits per heavy atom. The minimum Gasteiger partial charge on any atom is -0.395 e. The number of aliphatic hydroxyl groups is 1. The van der Waals surface area contributed by atoms with Crippen molar-refractivity contribution in [3.63, 3.8) is 0 Å². The molecule has 2 aromatic carbocycles. The predicted molar refractivity (Wildman–Crippen MR) is 83.7 cm³/mol. The van der Waals surface area contributed by atoms with Crippen molar-refractivity contribution >= 4 is 0 Å². The van der Waals surface area contributed by atoms with Crippen molar-refractivity contribution in [3.8, 4) is 0 Å². The molecule has 0 heterocycles. The standard InChI is InChI=1S/C18H23NO/c1-14-8-10-17(11-9-14)18(19-15(2)13-20)12-16-6-4-3-5-7-16/h3-11,15,18-20H,12-13H2,1-2H3/t15-,18-/m1/s1. The number of hydrogen-bond donors (Lipinski definition) is 2. The first-order valence-corrected chi connectivity index (χ1v) is 7.16. The van der Waals surface area contributed by atoms with Crippen LogP contribution in [0, 0.1) is 6.92 Å². The number of benzene rings is 2. The molecular formula is C18H23NO. The minimum absolute atomic E-state index is 0.0880. The maximum atomic E-state index is 9.28. The lowest BCUT2D eigenvalue weighted by atomic mass is 9.97. The van der Waals surface area contributed by atoms with Crippen LogP contribution in [-0.2, 0) is 6.42 Å². The fourth-order valence-corrected chi connectivity index (χ4v) is 2.32. The van der Waals surface area contributed by atoms with Crippen LogP contribution in [0.5, 0.6) is 0 Å². The summed E-state index contributed by atoms with van der Waals surface area (Å²) in [6.07, 6.45) is 0.925. The summed E-state index contributed by atoms with van der Waals surface area (Å²) >= 11 is 0. The van der Waals surface area contributed by atoms with Gasteiger partial charge in [0.1, 0.15) is 0 Å². The van der Waals surface area contributed by atoms with Gasteiger partial charge in [-0.3, -0.25) is 0 Å². The van der Waals surface area contributed by atoms with Crippen LogP contribution in [0.1, 0.15) is 29.7 Å². The minimum atomic E-state index is 0.0880. The van der Waals surface area contributed by atoms with Crippen LogP contribution in [0.2, 0.25) is 0 Å². The van der Waals surface area contributed by atoms with Gasteiger partial charge in [-0.2, -0.15) is 0 Å². The summed E-state index contributed by atoms with van der Waals surface area (Å²) in [5.74, 6) is 0. The highest BCUT2D eigenvalue weighted by atomic mass is 16.3. The Morgan fingerprint density at radius 3 is 2.25 bits per heavy atom. The zero-order valence-corrected chi connectivity index (χ0v) is 12.2. The maximum Gasteiger partial charge on any atom is 0.0582 e. The first kappa shape index (κ1) is 14.8. The molecule has 0 radical (unpaired) electrons. The van der Waals surface area contributed by atoms with Crippen molar-refractivity contribution in [3.05, 3.63) is 71.3 Å². The Hall–Kier alpha value is -1.64. The third-order valence-corrected chi connectivity index (χ3v) is 3.52. The van der Waals surface area contributed by atoms with Gasteiger partial charge >= 0.3 is 0 Å². The predicted octanol–water partition coefficient (Wildman–Crippen LogP) is 3.25. The van der Waals surface area contributed by atoms with Gasteiger partial charge in [0.2, 0.25) is 0 Å². The third kappa shape index (κ3) is 4.19. The average Bonchev–Trinajstić information content (AvgIpc) is 2.48. The van der Waals surface area contributed by atoms with E-state index in [-0.39, 0.29) is 18.7 Å². The summed E-state index contributed by atoms with van der Waals surface area (Å²) in [4.78, 5) is 0. The number of rotatable bonds is 6. The van der Waals surface area contributed by atoms with Gasteiger partial charge in [0.15, 0.2) is 0 Å². The molecule has 0 spiro atoms. The molecular weight excluding hydrogens is 246 g/mol. The van der Waals surface area contributed by atoms with Crippen molar-refractivity contribution in [1.29, 1.82) is 0 Å². The zero-order valence-electron chi connectivity index (χ0n) is 12.2. The Morgan fingerprint density at radius 1 is 1.00 bits per heavy atom. The van der Waals surface area contributed by atoms with Crippen molar-refractivity contribution in [2.24, 2.45) is 0 Å². The second-order valence-electron chi connectivity index (χ2n) is 5.40. The third-order valence-electron chi connectivity index (χ3n) is 3.52. The molecule has 0 bridgehead atoms. The second kappa shape index (κ2) is 7.22. The number of nitrogens with one attached hydrogen (secondary N) is 1. The molecule has 0 amide bonds. The Kier molecular flexibility index (Phi) is 5.33. The number of hydrogen-bond acceptors (Lipinski definition) is 2. The van der Waals surface area contributed by atoms with Gasteiger partial charge in [0.05, 0.1) is 6.61 Å². The Bertz CT molecular complexity index is 507. The molecule has 2 N–H and O–H groups in total. The van der Waals surface area contributed by atoms with Gasteiger partial charge in [0, 0.05) is 12.1 Å². The lowest BCUT2D eigenvalue weighted by Gasteiger charge is -2.23. The fraction of sp³-hybridized carbons (Fsp3) is 0.333. The molecule has 20 heavy (non-hydrogen) atoms. The summed E-state index contributed by atoms with van der Waals surface area (Å²) in [5, 5.41) is 12.8. The summed E-state index contributed by atoms with van der Waals surface area (Å²) in [7, 11) is 0. The van der Waals surface area contributed by atoms with E-state index in [4.69, 9.17) is 0 Å². The first-order valence-electron chi connectivity index (χ1n) is 7.16. The molecule has 0 fully saturated rings. The SMILES string of the molecule is Cc1ccc([C@@H](Cc2ccccc2)N[C@H](C)CO)cc1. The molecule has 2 nitrogen and oxygen atoms in total. The van der Waals surface area contributed by atoms with Crippen molar-refractivity contribution < 1.29 is 5.11 Å². The Balaban J connectivity index is 2.18. The molecule has 2 rings (SSSR count). The molecule has 0 aliphatic carbocycles. The van der Waals surface area contributed by atoms with E-state index >= 15 is 0 Å². The largest absolute Gasteiger partial charge is 0.395 e.